The third-order valence-corrected chi connectivity index (χ3v) is 5.88. The number of nitrogens with two attached hydrogens (primary N) is 1. The molecule has 0 saturated carbocycles. The number of carboxylic acid groups (broad SMARTS) is 1. The molecule has 11 nitrogen and oxygen atoms in total. The molecule has 0 bridgehead atoms. The second-order valence-electron chi connectivity index (χ2n) is 8.91. The summed E-state index contributed by atoms with van der Waals surface area (Å²) in [5, 5.41) is 27.3. The first-order chi connectivity index (χ1) is 17.5. The molecular formula is C26H31N5O6. The third kappa shape index (κ3) is 7.31. The Kier molecular flexibility index (Phi) is 8.86. The van der Waals surface area contributed by atoms with E-state index in [1.165, 1.54) is 26.0 Å². The molecule has 3 aromatic rings. The second-order valence-corrected chi connectivity index (χ2v) is 8.91. The minimum atomic E-state index is -1.23. The third-order valence-electron chi connectivity index (χ3n) is 5.88. The van der Waals surface area contributed by atoms with Gasteiger partial charge in [-0.3, -0.25) is 19.2 Å². The van der Waals surface area contributed by atoms with Gasteiger partial charge in [0.2, 0.25) is 17.7 Å². The molecule has 0 aliphatic rings. The van der Waals surface area contributed by atoms with Crippen LogP contribution in [0.5, 0.6) is 5.75 Å². The van der Waals surface area contributed by atoms with Gasteiger partial charge in [-0.15, -0.1) is 0 Å². The predicted octanol–water partition coefficient (Wildman–Crippen LogP) is 0.565. The maximum atomic E-state index is 13.4. The summed E-state index contributed by atoms with van der Waals surface area (Å²) >= 11 is 0. The standard InChI is InChI=1S/C26H31N5O6/c1-14(27)23(33)30-22(12-17-13-28-20-6-4-3-5-19(17)20)25(35)31-21(24(34)29-15(2)26(36)37)11-16-7-9-18(32)10-8-16/h3-10,13-15,21-22,28,32H,11-12,27H2,1-2H3,(H,29,34)(H,30,33)(H,31,35)(H,36,37). The molecule has 0 radical (unpaired) electrons. The average molecular weight is 510 g/mol. The lowest BCUT2D eigenvalue weighted by Crippen LogP contribution is -2.57. The summed E-state index contributed by atoms with van der Waals surface area (Å²) in [5.41, 5.74) is 7.97. The van der Waals surface area contributed by atoms with E-state index in [-0.39, 0.29) is 18.6 Å². The summed E-state index contributed by atoms with van der Waals surface area (Å²) in [7, 11) is 0. The molecule has 0 saturated heterocycles. The molecule has 0 aliphatic heterocycles. The number of hydrogen-bond acceptors (Lipinski definition) is 6. The van der Waals surface area contributed by atoms with E-state index in [0.29, 0.717) is 5.56 Å². The summed E-state index contributed by atoms with van der Waals surface area (Å²) in [6.07, 6.45) is 1.89. The van der Waals surface area contributed by atoms with Gasteiger partial charge in [-0.2, -0.15) is 0 Å². The lowest BCUT2D eigenvalue weighted by molar-refractivity contribution is -0.141. The van der Waals surface area contributed by atoms with Crippen LogP contribution in [0, 0.1) is 0 Å². The van der Waals surface area contributed by atoms with Crippen molar-refractivity contribution in [3.63, 3.8) is 0 Å². The number of aromatic hydroxyl groups is 1. The van der Waals surface area contributed by atoms with Gasteiger partial charge in [0.05, 0.1) is 6.04 Å². The van der Waals surface area contributed by atoms with Crippen LogP contribution >= 0.6 is 0 Å². The molecule has 2 aromatic carbocycles. The molecular weight excluding hydrogens is 478 g/mol. The van der Waals surface area contributed by atoms with Crippen molar-refractivity contribution in [2.75, 3.05) is 0 Å². The van der Waals surface area contributed by atoms with Gasteiger partial charge < -0.3 is 36.9 Å². The highest BCUT2D eigenvalue weighted by Gasteiger charge is 2.29. The van der Waals surface area contributed by atoms with Crippen molar-refractivity contribution >= 4 is 34.6 Å². The lowest BCUT2D eigenvalue weighted by atomic mass is 10.0. The number of H-pyrrole nitrogens is 1. The molecule has 0 aliphatic carbocycles. The number of carboxylic acids is 1. The number of phenols is 1. The van der Waals surface area contributed by atoms with E-state index in [1.54, 1.807) is 18.3 Å². The predicted molar refractivity (Wildman–Crippen MR) is 137 cm³/mol. The van der Waals surface area contributed by atoms with Crippen LogP contribution in [0.4, 0.5) is 0 Å². The zero-order valence-electron chi connectivity index (χ0n) is 20.5. The van der Waals surface area contributed by atoms with Crippen LogP contribution < -0.4 is 21.7 Å². The summed E-state index contributed by atoms with van der Waals surface area (Å²) in [5.74, 6) is -3.09. The summed E-state index contributed by atoms with van der Waals surface area (Å²) in [6, 6.07) is 9.27. The zero-order valence-corrected chi connectivity index (χ0v) is 20.5. The molecule has 8 N–H and O–H groups in total. The number of para-hydroxylation sites is 1. The van der Waals surface area contributed by atoms with Crippen molar-refractivity contribution in [3.05, 3.63) is 65.9 Å². The number of benzene rings is 2. The van der Waals surface area contributed by atoms with E-state index in [1.807, 2.05) is 24.3 Å². The number of rotatable bonds is 11. The fraction of sp³-hybridized carbons (Fsp3) is 0.308. The van der Waals surface area contributed by atoms with Gasteiger partial charge in [0.15, 0.2) is 0 Å². The van der Waals surface area contributed by atoms with Gasteiger partial charge in [-0.25, -0.2) is 0 Å². The SMILES string of the molecule is CC(N)C(=O)NC(Cc1c[nH]c2ccccc12)C(=O)NC(Cc1ccc(O)cc1)C(=O)NC(C)C(=O)O. The number of aliphatic carboxylic acids is 1. The van der Waals surface area contributed by atoms with Crippen molar-refractivity contribution in [1.82, 2.24) is 20.9 Å². The minimum absolute atomic E-state index is 0.0191. The van der Waals surface area contributed by atoms with Crippen LogP contribution in [-0.2, 0) is 32.0 Å². The Hall–Kier alpha value is -4.38. The molecule has 37 heavy (non-hydrogen) atoms. The first-order valence-corrected chi connectivity index (χ1v) is 11.8. The van der Waals surface area contributed by atoms with Crippen molar-refractivity contribution < 1.29 is 29.4 Å². The van der Waals surface area contributed by atoms with Crippen LogP contribution in [0.25, 0.3) is 10.9 Å². The fourth-order valence-corrected chi connectivity index (χ4v) is 3.76. The molecule has 3 amide bonds. The second kappa shape index (κ2) is 12.0. The highest BCUT2D eigenvalue weighted by Crippen LogP contribution is 2.19. The van der Waals surface area contributed by atoms with Crippen molar-refractivity contribution in [2.45, 2.75) is 50.9 Å². The zero-order chi connectivity index (χ0) is 27.1. The summed E-state index contributed by atoms with van der Waals surface area (Å²) < 4.78 is 0. The molecule has 4 unspecified atom stereocenters. The van der Waals surface area contributed by atoms with Crippen LogP contribution in [0.3, 0.4) is 0 Å². The van der Waals surface area contributed by atoms with Gasteiger partial charge in [0, 0.05) is 29.9 Å². The highest BCUT2D eigenvalue weighted by atomic mass is 16.4. The maximum Gasteiger partial charge on any atom is 0.325 e. The number of aromatic amines is 1. The molecule has 4 atom stereocenters. The maximum absolute atomic E-state index is 13.4. The number of hydrogen-bond donors (Lipinski definition) is 7. The normalized spacial score (nSPS) is 14.2. The average Bonchev–Trinajstić information content (AvgIpc) is 3.27. The molecule has 1 heterocycles. The number of fused-ring (bicyclic) bond motifs is 1. The topological polar surface area (TPSA) is 187 Å². The van der Waals surface area contributed by atoms with Crippen LogP contribution in [0.1, 0.15) is 25.0 Å². The van der Waals surface area contributed by atoms with E-state index in [0.717, 1.165) is 16.5 Å². The quantitative estimate of drug-likeness (QED) is 0.197. The summed E-state index contributed by atoms with van der Waals surface area (Å²) in [4.78, 5) is 53.2. The Labute approximate surface area is 213 Å². The number of carbonyl (C=O) groups is 4. The van der Waals surface area contributed by atoms with Crippen LogP contribution in [0.2, 0.25) is 0 Å². The molecule has 11 heteroatoms. The molecule has 3 rings (SSSR count). The Morgan fingerprint density at radius 3 is 2.11 bits per heavy atom. The van der Waals surface area contributed by atoms with E-state index in [4.69, 9.17) is 5.73 Å². The van der Waals surface area contributed by atoms with Gasteiger partial charge in [0.1, 0.15) is 23.9 Å². The van der Waals surface area contributed by atoms with E-state index < -0.39 is 47.9 Å². The van der Waals surface area contributed by atoms with E-state index >= 15 is 0 Å². The number of amides is 3. The van der Waals surface area contributed by atoms with Gasteiger partial charge in [-0.1, -0.05) is 30.3 Å². The Morgan fingerprint density at radius 1 is 0.865 bits per heavy atom. The van der Waals surface area contributed by atoms with Gasteiger partial charge in [-0.05, 0) is 43.2 Å². The molecule has 0 spiro atoms. The first-order valence-electron chi connectivity index (χ1n) is 11.8. The van der Waals surface area contributed by atoms with Gasteiger partial charge >= 0.3 is 5.97 Å². The largest absolute Gasteiger partial charge is 0.508 e. The van der Waals surface area contributed by atoms with Crippen LogP contribution in [0.15, 0.2) is 54.7 Å². The number of carbonyl (C=O) groups excluding carboxylic acids is 3. The number of nitrogens with one attached hydrogen (secondary N) is 4. The van der Waals surface area contributed by atoms with Crippen molar-refractivity contribution in [3.8, 4) is 5.75 Å². The fourth-order valence-electron chi connectivity index (χ4n) is 3.76. The number of aromatic nitrogens is 1. The molecule has 1 aromatic heterocycles. The molecule has 196 valence electrons. The van der Waals surface area contributed by atoms with Gasteiger partial charge in [0.25, 0.3) is 0 Å². The Balaban J connectivity index is 1.86. The minimum Gasteiger partial charge on any atom is -0.508 e. The summed E-state index contributed by atoms with van der Waals surface area (Å²) in [6.45, 7) is 2.80. The highest BCUT2D eigenvalue weighted by molar-refractivity contribution is 5.95. The molecule has 0 fully saturated rings. The number of phenolic OH excluding ortho intramolecular Hbond substituents is 1. The smallest absolute Gasteiger partial charge is 0.325 e. The first kappa shape index (κ1) is 27.2. The van der Waals surface area contributed by atoms with Crippen LogP contribution in [-0.4, -0.2) is 63.1 Å². The lowest BCUT2D eigenvalue weighted by Gasteiger charge is -2.24. The Morgan fingerprint density at radius 2 is 1.46 bits per heavy atom. The van der Waals surface area contributed by atoms with Crippen molar-refractivity contribution in [1.29, 1.82) is 0 Å². The van der Waals surface area contributed by atoms with E-state index in [9.17, 15) is 29.4 Å². The van der Waals surface area contributed by atoms with E-state index in [2.05, 4.69) is 20.9 Å². The monoisotopic (exact) mass is 509 g/mol. The van der Waals surface area contributed by atoms with Crippen molar-refractivity contribution in [2.24, 2.45) is 5.73 Å². The Bertz CT molecular complexity index is 1270.